The van der Waals surface area contributed by atoms with Crippen molar-refractivity contribution in [2.75, 3.05) is 0 Å². The normalized spacial score (nSPS) is 12.4. The lowest BCUT2D eigenvalue weighted by Gasteiger charge is -2.13. The standard InChI is InChI=1S/C16H18FN3O2/c1-10-8-13(11(2)19-10)9-18-20-16(21)12(3)22-15-7-5-4-6-14(15)17/h4-9,12,19H,1-3H3,(H,20,21)/b18-9+/t12-/m1/s1. The number of hydrogen-bond acceptors (Lipinski definition) is 3. The predicted molar refractivity (Wildman–Crippen MR) is 82.5 cm³/mol. The first-order chi connectivity index (χ1) is 10.5. The van der Waals surface area contributed by atoms with E-state index in [1.165, 1.54) is 19.1 Å². The van der Waals surface area contributed by atoms with E-state index in [-0.39, 0.29) is 5.75 Å². The molecule has 1 aromatic heterocycles. The first-order valence-electron chi connectivity index (χ1n) is 6.87. The molecule has 6 heteroatoms. The molecule has 0 aliphatic heterocycles. The van der Waals surface area contributed by atoms with Crippen molar-refractivity contribution in [2.24, 2.45) is 5.10 Å². The number of amides is 1. The molecule has 0 radical (unpaired) electrons. The van der Waals surface area contributed by atoms with Gasteiger partial charge in [-0.1, -0.05) is 12.1 Å². The number of hydrazone groups is 1. The maximum Gasteiger partial charge on any atom is 0.280 e. The maximum atomic E-state index is 13.4. The van der Waals surface area contributed by atoms with Gasteiger partial charge in [0, 0.05) is 17.0 Å². The number of carbonyl (C=O) groups is 1. The number of carbonyl (C=O) groups excluding carboxylic acids is 1. The molecule has 5 nitrogen and oxygen atoms in total. The van der Waals surface area contributed by atoms with Crippen LogP contribution in [0.2, 0.25) is 0 Å². The third kappa shape index (κ3) is 3.94. The minimum atomic E-state index is -0.858. The number of halogens is 1. The van der Waals surface area contributed by atoms with Crippen LogP contribution in [0.4, 0.5) is 4.39 Å². The second-order valence-corrected chi connectivity index (χ2v) is 4.96. The summed E-state index contributed by atoms with van der Waals surface area (Å²) < 4.78 is 18.7. The van der Waals surface area contributed by atoms with Gasteiger partial charge in [0.15, 0.2) is 17.7 Å². The van der Waals surface area contributed by atoms with Gasteiger partial charge in [0.25, 0.3) is 5.91 Å². The number of benzene rings is 1. The Morgan fingerprint density at radius 2 is 2.14 bits per heavy atom. The van der Waals surface area contributed by atoms with Gasteiger partial charge in [0.1, 0.15) is 0 Å². The third-order valence-corrected chi connectivity index (χ3v) is 3.08. The molecule has 0 fully saturated rings. The molecule has 1 aromatic carbocycles. The number of ether oxygens (including phenoxy) is 1. The van der Waals surface area contributed by atoms with Crippen LogP contribution >= 0.6 is 0 Å². The van der Waals surface area contributed by atoms with Crippen molar-refractivity contribution in [3.05, 3.63) is 53.1 Å². The zero-order valence-corrected chi connectivity index (χ0v) is 12.7. The molecule has 1 amide bonds. The van der Waals surface area contributed by atoms with Crippen LogP contribution in [-0.2, 0) is 4.79 Å². The lowest BCUT2D eigenvalue weighted by molar-refractivity contribution is -0.127. The molecule has 0 saturated carbocycles. The quantitative estimate of drug-likeness (QED) is 0.659. The van der Waals surface area contributed by atoms with E-state index in [9.17, 15) is 9.18 Å². The molecule has 0 aliphatic carbocycles. The monoisotopic (exact) mass is 303 g/mol. The van der Waals surface area contributed by atoms with Crippen LogP contribution in [0.5, 0.6) is 5.75 Å². The molecule has 0 saturated heterocycles. The molecule has 22 heavy (non-hydrogen) atoms. The summed E-state index contributed by atoms with van der Waals surface area (Å²) in [5, 5.41) is 3.88. The fourth-order valence-corrected chi connectivity index (χ4v) is 1.92. The van der Waals surface area contributed by atoms with Crippen LogP contribution in [0.15, 0.2) is 35.4 Å². The summed E-state index contributed by atoms with van der Waals surface area (Å²) >= 11 is 0. The third-order valence-electron chi connectivity index (χ3n) is 3.08. The zero-order valence-electron chi connectivity index (χ0n) is 12.7. The van der Waals surface area contributed by atoms with Gasteiger partial charge in [-0.05, 0) is 39.0 Å². The van der Waals surface area contributed by atoms with E-state index in [0.29, 0.717) is 0 Å². The highest BCUT2D eigenvalue weighted by Gasteiger charge is 2.15. The summed E-state index contributed by atoms with van der Waals surface area (Å²) in [6.45, 7) is 5.39. The molecular weight excluding hydrogens is 285 g/mol. The Morgan fingerprint density at radius 3 is 2.77 bits per heavy atom. The van der Waals surface area contributed by atoms with Crippen LogP contribution in [0.1, 0.15) is 23.9 Å². The lowest BCUT2D eigenvalue weighted by atomic mass is 10.3. The summed E-state index contributed by atoms with van der Waals surface area (Å²) in [4.78, 5) is 15.0. The van der Waals surface area contributed by atoms with Gasteiger partial charge in [0.05, 0.1) is 6.21 Å². The van der Waals surface area contributed by atoms with Crippen molar-refractivity contribution in [2.45, 2.75) is 26.9 Å². The van der Waals surface area contributed by atoms with Gasteiger partial charge in [0.2, 0.25) is 0 Å². The van der Waals surface area contributed by atoms with Crippen molar-refractivity contribution in [3.8, 4) is 5.75 Å². The second kappa shape index (κ2) is 6.89. The number of nitrogens with zero attached hydrogens (tertiary/aromatic N) is 1. The Labute approximate surface area is 128 Å². The number of para-hydroxylation sites is 1. The van der Waals surface area contributed by atoms with Gasteiger partial charge in [-0.3, -0.25) is 4.79 Å². The fraction of sp³-hybridized carbons (Fsp3) is 0.250. The van der Waals surface area contributed by atoms with Crippen LogP contribution in [0.3, 0.4) is 0 Å². The largest absolute Gasteiger partial charge is 0.478 e. The smallest absolute Gasteiger partial charge is 0.280 e. The highest BCUT2D eigenvalue weighted by atomic mass is 19.1. The van der Waals surface area contributed by atoms with Crippen LogP contribution in [-0.4, -0.2) is 23.2 Å². The van der Waals surface area contributed by atoms with Crippen molar-refractivity contribution in [1.82, 2.24) is 10.4 Å². The van der Waals surface area contributed by atoms with Crippen molar-refractivity contribution >= 4 is 12.1 Å². The lowest BCUT2D eigenvalue weighted by Crippen LogP contribution is -2.33. The number of nitrogens with one attached hydrogen (secondary N) is 2. The Morgan fingerprint density at radius 1 is 1.41 bits per heavy atom. The molecular formula is C16H18FN3O2. The number of aromatic nitrogens is 1. The molecule has 1 atom stereocenters. The van der Waals surface area contributed by atoms with Gasteiger partial charge in [-0.25, -0.2) is 9.82 Å². The van der Waals surface area contributed by atoms with E-state index in [0.717, 1.165) is 17.0 Å². The number of hydrogen-bond donors (Lipinski definition) is 2. The summed E-state index contributed by atoms with van der Waals surface area (Å²) in [5.74, 6) is -0.931. The zero-order chi connectivity index (χ0) is 16.1. The number of rotatable bonds is 5. The van der Waals surface area contributed by atoms with Gasteiger partial charge < -0.3 is 9.72 Å². The highest BCUT2D eigenvalue weighted by molar-refractivity contribution is 5.85. The average molecular weight is 303 g/mol. The van der Waals surface area contributed by atoms with E-state index in [1.807, 2.05) is 19.9 Å². The predicted octanol–water partition coefficient (Wildman–Crippen LogP) is 2.69. The minimum absolute atomic E-state index is 0.0335. The van der Waals surface area contributed by atoms with E-state index >= 15 is 0 Å². The topological polar surface area (TPSA) is 66.5 Å². The Balaban J connectivity index is 1.92. The van der Waals surface area contributed by atoms with Gasteiger partial charge >= 0.3 is 0 Å². The van der Waals surface area contributed by atoms with E-state index in [1.54, 1.807) is 18.3 Å². The summed E-state index contributed by atoms with van der Waals surface area (Å²) in [5.41, 5.74) is 5.24. The maximum absolute atomic E-state index is 13.4. The Kier molecular flexibility index (Phi) is 4.93. The van der Waals surface area contributed by atoms with Crippen LogP contribution in [0, 0.1) is 19.7 Å². The molecule has 2 aromatic rings. The number of aryl methyl sites for hydroxylation is 2. The van der Waals surface area contributed by atoms with Gasteiger partial charge in [-0.2, -0.15) is 5.10 Å². The van der Waals surface area contributed by atoms with Crippen molar-refractivity contribution < 1.29 is 13.9 Å². The Bertz CT molecular complexity index is 694. The molecule has 2 N–H and O–H groups in total. The minimum Gasteiger partial charge on any atom is -0.478 e. The van der Waals surface area contributed by atoms with Crippen molar-refractivity contribution in [3.63, 3.8) is 0 Å². The molecule has 1 heterocycles. The molecule has 0 bridgehead atoms. The van der Waals surface area contributed by atoms with Gasteiger partial charge in [-0.15, -0.1) is 0 Å². The molecule has 0 aliphatic rings. The fourth-order valence-electron chi connectivity index (χ4n) is 1.92. The molecule has 0 spiro atoms. The number of aromatic amines is 1. The molecule has 0 unspecified atom stereocenters. The first-order valence-corrected chi connectivity index (χ1v) is 6.87. The summed E-state index contributed by atoms with van der Waals surface area (Å²) in [7, 11) is 0. The first kappa shape index (κ1) is 15.8. The highest BCUT2D eigenvalue weighted by Crippen LogP contribution is 2.16. The van der Waals surface area contributed by atoms with Crippen molar-refractivity contribution in [1.29, 1.82) is 0 Å². The summed E-state index contributed by atoms with van der Waals surface area (Å²) in [6, 6.07) is 7.85. The van der Waals surface area contributed by atoms with Crippen LogP contribution in [0.25, 0.3) is 0 Å². The van der Waals surface area contributed by atoms with Crippen LogP contribution < -0.4 is 10.2 Å². The Hall–Kier alpha value is -2.63. The van der Waals surface area contributed by atoms with E-state index < -0.39 is 17.8 Å². The van der Waals surface area contributed by atoms with E-state index in [4.69, 9.17) is 4.74 Å². The molecule has 2 rings (SSSR count). The average Bonchev–Trinajstić information content (AvgIpc) is 2.79. The number of H-pyrrole nitrogens is 1. The van der Waals surface area contributed by atoms with E-state index in [2.05, 4.69) is 15.5 Å². The summed E-state index contributed by atoms with van der Waals surface area (Å²) in [6.07, 6.45) is 0.690. The second-order valence-electron chi connectivity index (χ2n) is 4.96. The SMILES string of the molecule is Cc1cc(/C=N/NC(=O)[C@@H](C)Oc2ccccc2F)c(C)[nH]1. The molecule has 116 valence electrons.